The van der Waals surface area contributed by atoms with Crippen molar-refractivity contribution in [2.24, 2.45) is 0 Å². The third-order valence-corrected chi connectivity index (χ3v) is 2.41. The van der Waals surface area contributed by atoms with E-state index >= 15 is 0 Å². The van der Waals surface area contributed by atoms with Crippen LogP contribution in [0, 0.1) is 0 Å². The molecule has 1 aromatic carbocycles. The number of ether oxygens (including phenoxy) is 1. The summed E-state index contributed by atoms with van der Waals surface area (Å²) in [6.07, 6.45) is 2.25. The minimum Gasteiger partial charge on any atom is -0.489 e. The number of para-hydroxylation sites is 2. The fourth-order valence-electron chi connectivity index (χ4n) is 1.50. The van der Waals surface area contributed by atoms with E-state index in [-0.39, 0.29) is 12.1 Å². The van der Waals surface area contributed by atoms with Crippen molar-refractivity contribution in [2.45, 2.75) is 38.8 Å². The number of nitrogens with one attached hydrogen (secondary N) is 2. The van der Waals surface area contributed by atoms with Gasteiger partial charge in [-0.3, -0.25) is 0 Å². The van der Waals surface area contributed by atoms with E-state index in [0.29, 0.717) is 17.5 Å². The summed E-state index contributed by atoms with van der Waals surface area (Å²) < 4.78 is 5.62. The summed E-state index contributed by atoms with van der Waals surface area (Å²) in [5.74, 6) is 0.702. The smallest absolute Gasteiger partial charge is 0.319 e. The van der Waals surface area contributed by atoms with E-state index in [1.54, 1.807) is 0 Å². The lowest BCUT2D eigenvalue weighted by atomic mass is 10.3. The first-order valence-electron chi connectivity index (χ1n) is 5.98. The lowest BCUT2D eigenvalue weighted by molar-refractivity contribution is 0.241. The summed E-state index contributed by atoms with van der Waals surface area (Å²) in [6, 6.07) is 7.65. The van der Waals surface area contributed by atoms with E-state index in [2.05, 4.69) is 10.6 Å². The van der Waals surface area contributed by atoms with E-state index in [1.807, 2.05) is 38.1 Å². The van der Waals surface area contributed by atoms with Crippen molar-refractivity contribution in [3.05, 3.63) is 24.3 Å². The van der Waals surface area contributed by atoms with Gasteiger partial charge in [0, 0.05) is 6.04 Å². The fraction of sp³-hybridized carbons (Fsp3) is 0.462. The maximum atomic E-state index is 11.6. The van der Waals surface area contributed by atoms with Gasteiger partial charge >= 0.3 is 6.03 Å². The van der Waals surface area contributed by atoms with Crippen LogP contribution in [-0.4, -0.2) is 18.2 Å². The van der Waals surface area contributed by atoms with Crippen LogP contribution in [0.4, 0.5) is 10.5 Å². The molecule has 4 nitrogen and oxygen atoms in total. The number of amides is 2. The van der Waals surface area contributed by atoms with Crippen LogP contribution in [0.2, 0.25) is 0 Å². The zero-order valence-corrected chi connectivity index (χ0v) is 10.2. The van der Waals surface area contributed by atoms with E-state index in [0.717, 1.165) is 12.8 Å². The number of carbonyl (C=O) groups is 1. The average Bonchev–Trinajstić information content (AvgIpc) is 3.04. The van der Waals surface area contributed by atoms with Gasteiger partial charge in [0.2, 0.25) is 0 Å². The van der Waals surface area contributed by atoms with Crippen molar-refractivity contribution in [3.8, 4) is 5.75 Å². The molecular formula is C13H18N2O2. The van der Waals surface area contributed by atoms with E-state index in [1.165, 1.54) is 0 Å². The van der Waals surface area contributed by atoms with Crippen LogP contribution in [0.5, 0.6) is 5.75 Å². The second kappa shape index (κ2) is 5.08. The van der Waals surface area contributed by atoms with Crippen LogP contribution in [0.25, 0.3) is 0 Å². The predicted molar refractivity (Wildman–Crippen MR) is 67.4 cm³/mol. The van der Waals surface area contributed by atoms with Crippen molar-refractivity contribution in [1.29, 1.82) is 0 Å². The Morgan fingerprint density at radius 1 is 1.35 bits per heavy atom. The molecule has 0 radical (unpaired) electrons. The zero-order valence-electron chi connectivity index (χ0n) is 10.2. The van der Waals surface area contributed by atoms with Gasteiger partial charge in [-0.25, -0.2) is 4.79 Å². The minimum atomic E-state index is -0.160. The summed E-state index contributed by atoms with van der Waals surface area (Å²) in [4.78, 5) is 11.6. The fourth-order valence-corrected chi connectivity index (χ4v) is 1.50. The van der Waals surface area contributed by atoms with Crippen molar-refractivity contribution < 1.29 is 9.53 Å². The number of hydrogen-bond acceptors (Lipinski definition) is 2. The Labute approximate surface area is 101 Å². The van der Waals surface area contributed by atoms with Gasteiger partial charge in [0.25, 0.3) is 0 Å². The SMILES string of the molecule is CC(C)Oc1ccccc1NC(=O)NC1CC1. The molecule has 1 aromatic rings. The van der Waals surface area contributed by atoms with E-state index in [9.17, 15) is 4.79 Å². The molecular weight excluding hydrogens is 216 g/mol. The van der Waals surface area contributed by atoms with Gasteiger partial charge in [0.1, 0.15) is 5.75 Å². The van der Waals surface area contributed by atoms with Crippen LogP contribution < -0.4 is 15.4 Å². The number of urea groups is 1. The molecule has 0 saturated heterocycles. The molecule has 1 saturated carbocycles. The van der Waals surface area contributed by atoms with Crippen LogP contribution in [-0.2, 0) is 0 Å². The Balaban J connectivity index is 2.00. The van der Waals surface area contributed by atoms with Gasteiger partial charge in [0.15, 0.2) is 0 Å². The number of carbonyl (C=O) groups excluding carboxylic acids is 1. The predicted octanol–water partition coefficient (Wildman–Crippen LogP) is 2.76. The molecule has 0 aromatic heterocycles. The Morgan fingerprint density at radius 3 is 2.71 bits per heavy atom. The highest BCUT2D eigenvalue weighted by molar-refractivity contribution is 5.91. The molecule has 2 rings (SSSR count). The summed E-state index contributed by atoms with van der Waals surface area (Å²) in [6.45, 7) is 3.92. The topological polar surface area (TPSA) is 50.4 Å². The second-order valence-corrected chi connectivity index (χ2v) is 4.54. The molecule has 1 aliphatic rings. The Hall–Kier alpha value is -1.71. The maximum absolute atomic E-state index is 11.6. The van der Waals surface area contributed by atoms with Crippen LogP contribution >= 0.6 is 0 Å². The molecule has 1 fully saturated rings. The molecule has 1 aliphatic carbocycles. The third kappa shape index (κ3) is 3.66. The van der Waals surface area contributed by atoms with Gasteiger partial charge in [0.05, 0.1) is 11.8 Å². The molecule has 17 heavy (non-hydrogen) atoms. The lowest BCUT2D eigenvalue weighted by Gasteiger charge is -2.14. The van der Waals surface area contributed by atoms with Crippen molar-refractivity contribution >= 4 is 11.7 Å². The number of anilines is 1. The molecule has 0 atom stereocenters. The zero-order chi connectivity index (χ0) is 12.3. The molecule has 0 heterocycles. The van der Waals surface area contributed by atoms with E-state index < -0.39 is 0 Å². The van der Waals surface area contributed by atoms with Crippen molar-refractivity contribution in [1.82, 2.24) is 5.32 Å². The average molecular weight is 234 g/mol. The van der Waals surface area contributed by atoms with Crippen molar-refractivity contribution in [2.75, 3.05) is 5.32 Å². The van der Waals surface area contributed by atoms with Gasteiger partial charge in [-0.05, 0) is 38.8 Å². The first kappa shape index (κ1) is 11.8. The minimum absolute atomic E-state index is 0.0874. The first-order chi connectivity index (χ1) is 8.15. The van der Waals surface area contributed by atoms with E-state index in [4.69, 9.17) is 4.74 Å². The largest absolute Gasteiger partial charge is 0.489 e. The quantitative estimate of drug-likeness (QED) is 0.841. The number of hydrogen-bond donors (Lipinski definition) is 2. The van der Waals surface area contributed by atoms with Gasteiger partial charge in [-0.15, -0.1) is 0 Å². The van der Waals surface area contributed by atoms with Crippen LogP contribution in [0.15, 0.2) is 24.3 Å². The highest BCUT2D eigenvalue weighted by atomic mass is 16.5. The summed E-state index contributed by atoms with van der Waals surface area (Å²) in [7, 11) is 0. The molecule has 0 spiro atoms. The van der Waals surface area contributed by atoms with Crippen LogP contribution in [0.1, 0.15) is 26.7 Å². The highest BCUT2D eigenvalue weighted by Gasteiger charge is 2.23. The molecule has 92 valence electrons. The van der Waals surface area contributed by atoms with Gasteiger partial charge < -0.3 is 15.4 Å². The van der Waals surface area contributed by atoms with Gasteiger partial charge in [-0.1, -0.05) is 12.1 Å². The Morgan fingerprint density at radius 2 is 2.06 bits per heavy atom. The Kier molecular flexibility index (Phi) is 3.52. The summed E-state index contributed by atoms with van der Waals surface area (Å²) in [5, 5.41) is 5.69. The molecule has 0 bridgehead atoms. The van der Waals surface area contributed by atoms with Crippen LogP contribution in [0.3, 0.4) is 0 Å². The van der Waals surface area contributed by atoms with Gasteiger partial charge in [-0.2, -0.15) is 0 Å². The highest BCUT2D eigenvalue weighted by Crippen LogP contribution is 2.25. The first-order valence-corrected chi connectivity index (χ1v) is 5.98. The molecule has 4 heteroatoms. The third-order valence-electron chi connectivity index (χ3n) is 2.41. The lowest BCUT2D eigenvalue weighted by Crippen LogP contribution is -2.30. The monoisotopic (exact) mass is 234 g/mol. The molecule has 0 unspecified atom stereocenters. The molecule has 2 amide bonds. The Bertz CT molecular complexity index is 400. The molecule has 0 aliphatic heterocycles. The number of rotatable bonds is 4. The second-order valence-electron chi connectivity index (χ2n) is 4.54. The molecule has 2 N–H and O–H groups in total. The standard InChI is InChI=1S/C13H18N2O2/c1-9(2)17-12-6-4-3-5-11(12)15-13(16)14-10-7-8-10/h3-6,9-10H,7-8H2,1-2H3,(H2,14,15,16). The number of benzene rings is 1. The maximum Gasteiger partial charge on any atom is 0.319 e. The summed E-state index contributed by atoms with van der Waals surface area (Å²) in [5.41, 5.74) is 0.708. The normalized spacial score (nSPS) is 14.5. The van der Waals surface area contributed by atoms with Crippen molar-refractivity contribution in [3.63, 3.8) is 0 Å². The summed E-state index contributed by atoms with van der Waals surface area (Å²) >= 11 is 0.